The molecule has 3 rings (SSSR count). The van der Waals surface area contributed by atoms with Gasteiger partial charge in [-0.15, -0.1) is 0 Å². The summed E-state index contributed by atoms with van der Waals surface area (Å²) in [7, 11) is 3.53. The van der Waals surface area contributed by atoms with Gasteiger partial charge < -0.3 is 24.8 Å². The quantitative estimate of drug-likeness (QED) is 0.327. The van der Waals surface area contributed by atoms with Gasteiger partial charge in [0.25, 0.3) is 0 Å². The Morgan fingerprint density at radius 1 is 1.23 bits per heavy atom. The van der Waals surface area contributed by atoms with E-state index in [1.165, 1.54) is 18.4 Å². The molecule has 2 heterocycles. The van der Waals surface area contributed by atoms with Gasteiger partial charge in [-0.1, -0.05) is 12.1 Å². The van der Waals surface area contributed by atoms with Crippen molar-refractivity contribution < 1.29 is 14.2 Å². The van der Waals surface area contributed by atoms with Crippen LogP contribution in [0.4, 0.5) is 0 Å². The molecule has 168 valence electrons. The molecule has 2 aliphatic rings. The zero-order chi connectivity index (χ0) is 21.0. The van der Waals surface area contributed by atoms with E-state index < -0.39 is 0 Å². The highest BCUT2D eigenvalue weighted by Gasteiger charge is 2.23. The number of nitrogens with zero attached hydrogens (tertiary/aromatic N) is 2. The lowest BCUT2D eigenvalue weighted by atomic mass is 10.1. The molecule has 0 amide bonds. The summed E-state index contributed by atoms with van der Waals surface area (Å²) in [5.74, 6) is 2.32. The zero-order valence-corrected chi connectivity index (χ0v) is 18.6. The van der Waals surface area contributed by atoms with Crippen LogP contribution in [0.5, 0.6) is 5.75 Å². The molecule has 0 radical (unpaired) electrons. The lowest BCUT2D eigenvalue weighted by molar-refractivity contribution is 0.0888. The number of rotatable bonds is 11. The van der Waals surface area contributed by atoms with Gasteiger partial charge in [0.05, 0.1) is 26.4 Å². The largest absolute Gasteiger partial charge is 0.497 e. The summed E-state index contributed by atoms with van der Waals surface area (Å²) in [6.07, 6.45) is 4.63. The fraction of sp³-hybridized carbons (Fsp3) is 0.696. The molecule has 0 spiro atoms. The summed E-state index contributed by atoms with van der Waals surface area (Å²) < 4.78 is 16.5. The van der Waals surface area contributed by atoms with Gasteiger partial charge in [-0.3, -0.25) is 9.89 Å². The molecule has 0 aromatic heterocycles. The van der Waals surface area contributed by atoms with Crippen LogP contribution in [0.25, 0.3) is 0 Å². The minimum atomic E-state index is 0.328. The van der Waals surface area contributed by atoms with E-state index in [2.05, 4.69) is 32.7 Å². The Labute approximate surface area is 181 Å². The number of methoxy groups -OCH3 is 1. The van der Waals surface area contributed by atoms with E-state index in [1.807, 2.05) is 19.2 Å². The number of benzene rings is 1. The first-order valence-corrected chi connectivity index (χ1v) is 11.3. The first kappa shape index (κ1) is 22.8. The molecule has 30 heavy (non-hydrogen) atoms. The monoisotopic (exact) mass is 418 g/mol. The maximum absolute atomic E-state index is 5.78. The second-order valence-corrected chi connectivity index (χ2v) is 8.07. The van der Waals surface area contributed by atoms with Crippen molar-refractivity contribution in [2.75, 3.05) is 66.8 Å². The van der Waals surface area contributed by atoms with E-state index >= 15 is 0 Å². The van der Waals surface area contributed by atoms with Gasteiger partial charge >= 0.3 is 0 Å². The van der Waals surface area contributed by atoms with Crippen LogP contribution in [0, 0.1) is 5.92 Å². The lowest BCUT2D eigenvalue weighted by Crippen LogP contribution is -2.43. The fourth-order valence-corrected chi connectivity index (χ4v) is 4.10. The number of aliphatic imine (C=N–C) groups is 1. The predicted molar refractivity (Wildman–Crippen MR) is 120 cm³/mol. The van der Waals surface area contributed by atoms with Gasteiger partial charge in [-0.2, -0.15) is 0 Å². The minimum absolute atomic E-state index is 0.328. The number of guanidine groups is 1. The molecule has 0 saturated carbocycles. The van der Waals surface area contributed by atoms with E-state index in [9.17, 15) is 0 Å². The molecule has 2 saturated heterocycles. The highest BCUT2D eigenvalue weighted by Crippen LogP contribution is 2.26. The summed E-state index contributed by atoms with van der Waals surface area (Å²) in [5, 5.41) is 6.93. The van der Waals surface area contributed by atoms with Crippen molar-refractivity contribution in [1.29, 1.82) is 0 Å². The summed E-state index contributed by atoms with van der Waals surface area (Å²) in [6, 6.07) is 8.76. The van der Waals surface area contributed by atoms with Crippen molar-refractivity contribution in [3.8, 4) is 5.75 Å². The third-order valence-electron chi connectivity index (χ3n) is 5.90. The maximum atomic E-state index is 5.78. The predicted octanol–water partition coefficient (Wildman–Crippen LogP) is 2.44. The molecular weight excluding hydrogens is 380 g/mol. The SMILES string of the molecule is CN=C(NCCCOCC1CCOC1)NCC(c1ccc(OC)cc1)N1CCCC1. The van der Waals surface area contributed by atoms with Crippen molar-refractivity contribution in [3.05, 3.63) is 29.8 Å². The third-order valence-corrected chi connectivity index (χ3v) is 5.90. The minimum Gasteiger partial charge on any atom is -0.497 e. The zero-order valence-electron chi connectivity index (χ0n) is 18.6. The third kappa shape index (κ3) is 7.15. The van der Waals surface area contributed by atoms with E-state index in [0.717, 1.165) is 77.2 Å². The normalized spacial score (nSPS) is 21.0. The van der Waals surface area contributed by atoms with Crippen molar-refractivity contribution in [2.45, 2.75) is 31.7 Å². The molecule has 2 fully saturated rings. The van der Waals surface area contributed by atoms with Crippen LogP contribution >= 0.6 is 0 Å². The molecule has 2 aliphatic heterocycles. The highest BCUT2D eigenvalue weighted by molar-refractivity contribution is 5.79. The Morgan fingerprint density at radius 2 is 2.03 bits per heavy atom. The van der Waals surface area contributed by atoms with Crippen LogP contribution in [0.2, 0.25) is 0 Å². The van der Waals surface area contributed by atoms with Crippen molar-refractivity contribution in [1.82, 2.24) is 15.5 Å². The van der Waals surface area contributed by atoms with Crippen LogP contribution < -0.4 is 15.4 Å². The van der Waals surface area contributed by atoms with Crippen molar-refractivity contribution in [2.24, 2.45) is 10.9 Å². The molecule has 7 heteroatoms. The number of hydrogen-bond donors (Lipinski definition) is 2. The van der Waals surface area contributed by atoms with E-state index in [4.69, 9.17) is 14.2 Å². The van der Waals surface area contributed by atoms with Gasteiger partial charge in [-0.25, -0.2) is 0 Å². The summed E-state index contributed by atoms with van der Waals surface area (Å²) >= 11 is 0. The summed E-state index contributed by atoms with van der Waals surface area (Å²) in [6.45, 7) is 7.27. The van der Waals surface area contributed by atoms with Gasteiger partial charge in [0.1, 0.15) is 5.75 Å². The van der Waals surface area contributed by atoms with Gasteiger partial charge in [0.2, 0.25) is 0 Å². The molecule has 7 nitrogen and oxygen atoms in total. The average molecular weight is 419 g/mol. The smallest absolute Gasteiger partial charge is 0.191 e. The second-order valence-electron chi connectivity index (χ2n) is 8.07. The van der Waals surface area contributed by atoms with Crippen LogP contribution in [0.1, 0.15) is 37.3 Å². The Balaban J connectivity index is 1.41. The first-order chi connectivity index (χ1) is 14.8. The van der Waals surface area contributed by atoms with Crippen LogP contribution in [-0.4, -0.2) is 77.6 Å². The van der Waals surface area contributed by atoms with E-state index in [1.54, 1.807) is 7.11 Å². The number of nitrogens with one attached hydrogen (secondary N) is 2. The molecule has 2 atom stereocenters. The highest BCUT2D eigenvalue weighted by atomic mass is 16.5. The average Bonchev–Trinajstić information content (AvgIpc) is 3.50. The van der Waals surface area contributed by atoms with Crippen molar-refractivity contribution >= 4 is 5.96 Å². The molecule has 2 N–H and O–H groups in total. The van der Waals surface area contributed by atoms with Gasteiger partial charge in [0.15, 0.2) is 5.96 Å². The van der Waals surface area contributed by atoms with E-state index in [-0.39, 0.29) is 0 Å². The Hall–Kier alpha value is -1.83. The molecule has 2 unspecified atom stereocenters. The fourth-order valence-electron chi connectivity index (χ4n) is 4.10. The topological polar surface area (TPSA) is 67.4 Å². The number of likely N-dealkylation sites (tertiary alicyclic amines) is 1. The number of hydrogen-bond acceptors (Lipinski definition) is 5. The lowest BCUT2D eigenvalue weighted by Gasteiger charge is -2.29. The summed E-state index contributed by atoms with van der Waals surface area (Å²) in [5.41, 5.74) is 1.31. The van der Waals surface area contributed by atoms with Crippen LogP contribution in [0.3, 0.4) is 0 Å². The van der Waals surface area contributed by atoms with E-state index in [0.29, 0.717) is 12.0 Å². The van der Waals surface area contributed by atoms with Gasteiger partial charge in [0, 0.05) is 39.3 Å². The standard InChI is InChI=1S/C23H38N4O3/c1-24-23(25-11-5-14-29-17-19-10-15-30-18-19)26-16-22(27-12-3-4-13-27)20-6-8-21(28-2)9-7-20/h6-9,19,22H,3-5,10-18H2,1-2H3,(H2,24,25,26). The molecule has 1 aromatic rings. The Kier molecular flexibility index (Phi) is 9.73. The Morgan fingerprint density at radius 3 is 2.70 bits per heavy atom. The van der Waals surface area contributed by atoms with Crippen LogP contribution in [-0.2, 0) is 9.47 Å². The molecule has 0 aliphatic carbocycles. The van der Waals surface area contributed by atoms with Crippen LogP contribution in [0.15, 0.2) is 29.3 Å². The Bertz CT molecular complexity index is 626. The first-order valence-electron chi connectivity index (χ1n) is 11.3. The molecule has 0 bridgehead atoms. The molecule has 1 aromatic carbocycles. The maximum Gasteiger partial charge on any atom is 0.191 e. The van der Waals surface area contributed by atoms with Gasteiger partial charge in [-0.05, 0) is 56.5 Å². The summed E-state index contributed by atoms with van der Waals surface area (Å²) in [4.78, 5) is 6.95. The second kappa shape index (κ2) is 12.8. The molecular formula is C23H38N4O3. The van der Waals surface area contributed by atoms with Crippen molar-refractivity contribution in [3.63, 3.8) is 0 Å². The number of ether oxygens (including phenoxy) is 3.